The van der Waals surface area contributed by atoms with Gasteiger partial charge in [0.2, 0.25) is 0 Å². The first kappa shape index (κ1) is 19.4. The van der Waals surface area contributed by atoms with Gasteiger partial charge in [-0.1, -0.05) is 35.5 Å². The Kier molecular flexibility index (Phi) is 5.37. The lowest BCUT2D eigenvalue weighted by Gasteiger charge is -2.48. The van der Waals surface area contributed by atoms with Crippen LogP contribution >= 0.6 is 0 Å². The highest BCUT2D eigenvalue weighted by molar-refractivity contribution is 5.57. The highest BCUT2D eigenvalue weighted by Gasteiger charge is 2.43. The zero-order valence-corrected chi connectivity index (χ0v) is 17.0. The second-order valence-corrected chi connectivity index (χ2v) is 8.49. The van der Waals surface area contributed by atoms with Gasteiger partial charge in [-0.25, -0.2) is 0 Å². The average molecular weight is 405 g/mol. The minimum Gasteiger partial charge on any atom is -0.393 e. The molecule has 0 radical (unpaired) electrons. The number of aliphatic hydroxyl groups excluding tert-OH is 1. The number of rotatable bonds is 4. The maximum absolute atomic E-state index is 10.5. The molecule has 1 N–H and O–H groups in total. The van der Waals surface area contributed by atoms with E-state index in [0.29, 0.717) is 6.42 Å². The number of likely N-dealkylation sites (tertiary alicyclic amines) is 1. The van der Waals surface area contributed by atoms with Gasteiger partial charge in [0, 0.05) is 50.0 Å². The smallest absolute Gasteiger partial charge is 0.151 e. The van der Waals surface area contributed by atoms with Crippen LogP contribution in [0.4, 0.5) is 0 Å². The molecule has 6 heteroatoms. The molecular weight excluding hydrogens is 378 g/mol. The predicted octanol–water partition coefficient (Wildman–Crippen LogP) is 3.98. The van der Waals surface area contributed by atoms with Crippen molar-refractivity contribution >= 4 is 0 Å². The molecule has 0 saturated carbocycles. The second-order valence-electron chi connectivity index (χ2n) is 8.49. The summed E-state index contributed by atoms with van der Waals surface area (Å²) in [5.41, 5.74) is 2.69. The van der Waals surface area contributed by atoms with Crippen LogP contribution in [0.1, 0.15) is 43.1 Å². The Morgan fingerprint density at radius 1 is 1.10 bits per heavy atom. The fraction of sp³-hybridized carbons (Fsp3) is 0.417. The molecule has 5 rings (SSSR count). The van der Waals surface area contributed by atoms with Crippen LogP contribution in [-0.4, -0.2) is 44.9 Å². The van der Waals surface area contributed by atoms with Crippen LogP contribution in [0, 0.1) is 0 Å². The van der Waals surface area contributed by atoms with E-state index >= 15 is 0 Å². The summed E-state index contributed by atoms with van der Waals surface area (Å²) in [5.74, 6) is 0.858. The quantitative estimate of drug-likeness (QED) is 0.708. The molecular formula is C24H27N3O3. The summed E-state index contributed by atoms with van der Waals surface area (Å²) >= 11 is 0. The van der Waals surface area contributed by atoms with Gasteiger partial charge in [-0.2, -0.15) is 0 Å². The zero-order valence-electron chi connectivity index (χ0n) is 17.0. The summed E-state index contributed by atoms with van der Waals surface area (Å²) in [6, 6.07) is 16.1. The van der Waals surface area contributed by atoms with Crippen molar-refractivity contribution in [2.45, 2.75) is 50.0 Å². The SMILES string of the molecule is O[C@H]1C[C@H](c2ccccc2)OC2(CCN(Cc3cc(-c4cccnc4)no3)CC2)C1. The maximum atomic E-state index is 10.5. The van der Waals surface area contributed by atoms with E-state index in [2.05, 4.69) is 27.2 Å². The van der Waals surface area contributed by atoms with Gasteiger partial charge >= 0.3 is 0 Å². The average Bonchev–Trinajstić information content (AvgIpc) is 3.25. The molecule has 6 nitrogen and oxygen atoms in total. The van der Waals surface area contributed by atoms with E-state index in [9.17, 15) is 5.11 Å². The highest BCUT2D eigenvalue weighted by Crippen LogP contribution is 2.43. The van der Waals surface area contributed by atoms with Crippen molar-refractivity contribution in [3.63, 3.8) is 0 Å². The Hall–Kier alpha value is -2.54. The van der Waals surface area contributed by atoms with E-state index in [4.69, 9.17) is 9.26 Å². The molecule has 4 heterocycles. The first-order chi connectivity index (χ1) is 14.7. The molecule has 0 bridgehead atoms. The lowest BCUT2D eigenvalue weighted by atomic mass is 9.81. The summed E-state index contributed by atoms with van der Waals surface area (Å²) in [6.07, 6.45) is 6.42. The monoisotopic (exact) mass is 405 g/mol. The summed E-state index contributed by atoms with van der Waals surface area (Å²) in [6.45, 7) is 2.56. The molecule has 156 valence electrons. The Morgan fingerprint density at radius 3 is 2.70 bits per heavy atom. The Labute approximate surface area is 176 Å². The van der Waals surface area contributed by atoms with Gasteiger partial charge in [0.15, 0.2) is 5.76 Å². The number of pyridine rings is 1. The van der Waals surface area contributed by atoms with E-state index in [1.54, 1.807) is 12.4 Å². The molecule has 0 aliphatic carbocycles. The molecule has 2 fully saturated rings. The van der Waals surface area contributed by atoms with Crippen LogP contribution in [0.3, 0.4) is 0 Å². The fourth-order valence-electron chi connectivity index (χ4n) is 4.73. The van der Waals surface area contributed by atoms with Gasteiger partial charge in [-0.15, -0.1) is 0 Å². The molecule has 3 aromatic rings. The van der Waals surface area contributed by atoms with E-state index < -0.39 is 0 Å². The van der Waals surface area contributed by atoms with Crippen molar-refractivity contribution in [2.75, 3.05) is 13.1 Å². The fourth-order valence-corrected chi connectivity index (χ4v) is 4.73. The van der Waals surface area contributed by atoms with Crippen molar-refractivity contribution in [3.05, 3.63) is 72.2 Å². The Balaban J connectivity index is 1.21. The van der Waals surface area contributed by atoms with Crippen LogP contribution in [0.5, 0.6) is 0 Å². The molecule has 0 amide bonds. The van der Waals surface area contributed by atoms with Crippen molar-refractivity contribution in [1.29, 1.82) is 0 Å². The molecule has 1 spiro atoms. The van der Waals surface area contributed by atoms with E-state index in [0.717, 1.165) is 61.5 Å². The van der Waals surface area contributed by atoms with Gasteiger partial charge in [0.1, 0.15) is 5.69 Å². The number of aliphatic hydroxyl groups is 1. The number of benzene rings is 1. The molecule has 2 atom stereocenters. The molecule has 2 saturated heterocycles. The second kappa shape index (κ2) is 8.30. The van der Waals surface area contributed by atoms with Crippen LogP contribution in [0.25, 0.3) is 11.3 Å². The number of piperidine rings is 1. The van der Waals surface area contributed by atoms with E-state index in [1.165, 1.54) is 0 Å². The number of aromatic nitrogens is 2. The minimum absolute atomic E-state index is 0.0298. The van der Waals surface area contributed by atoms with Crippen molar-refractivity contribution in [3.8, 4) is 11.3 Å². The van der Waals surface area contributed by atoms with Crippen LogP contribution in [0.15, 0.2) is 65.4 Å². The normalized spacial score (nSPS) is 24.2. The van der Waals surface area contributed by atoms with Crippen LogP contribution in [0.2, 0.25) is 0 Å². The molecule has 1 aromatic carbocycles. The van der Waals surface area contributed by atoms with Crippen molar-refractivity contribution < 1.29 is 14.4 Å². The van der Waals surface area contributed by atoms with Crippen LogP contribution in [-0.2, 0) is 11.3 Å². The Bertz CT molecular complexity index is 952. The largest absolute Gasteiger partial charge is 0.393 e. The molecule has 30 heavy (non-hydrogen) atoms. The number of hydrogen-bond acceptors (Lipinski definition) is 6. The molecule has 2 aromatic heterocycles. The minimum atomic E-state index is -0.313. The van der Waals surface area contributed by atoms with Gasteiger partial charge in [-0.05, 0) is 30.5 Å². The zero-order chi connectivity index (χ0) is 20.4. The first-order valence-corrected chi connectivity index (χ1v) is 10.7. The lowest BCUT2D eigenvalue weighted by molar-refractivity contribution is -0.184. The third-order valence-corrected chi connectivity index (χ3v) is 6.32. The lowest BCUT2D eigenvalue weighted by Crippen LogP contribution is -2.50. The number of ether oxygens (including phenoxy) is 1. The van der Waals surface area contributed by atoms with E-state index in [1.807, 2.05) is 36.4 Å². The molecule has 2 aliphatic rings. The third-order valence-electron chi connectivity index (χ3n) is 6.32. The van der Waals surface area contributed by atoms with Gasteiger partial charge in [0.25, 0.3) is 0 Å². The van der Waals surface area contributed by atoms with Crippen molar-refractivity contribution in [1.82, 2.24) is 15.0 Å². The first-order valence-electron chi connectivity index (χ1n) is 10.7. The number of hydrogen-bond donors (Lipinski definition) is 1. The van der Waals surface area contributed by atoms with E-state index in [-0.39, 0.29) is 17.8 Å². The summed E-state index contributed by atoms with van der Waals surface area (Å²) in [4.78, 5) is 6.52. The summed E-state index contributed by atoms with van der Waals surface area (Å²) < 4.78 is 12.2. The van der Waals surface area contributed by atoms with Crippen LogP contribution < -0.4 is 0 Å². The van der Waals surface area contributed by atoms with Gasteiger partial charge in [-0.3, -0.25) is 9.88 Å². The summed E-state index contributed by atoms with van der Waals surface area (Å²) in [5, 5.41) is 14.7. The summed E-state index contributed by atoms with van der Waals surface area (Å²) in [7, 11) is 0. The van der Waals surface area contributed by atoms with Gasteiger partial charge < -0.3 is 14.4 Å². The maximum Gasteiger partial charge on any atom is 0.151 e. The number of nitrogens with zero attached hydrogens (tertiary/aromatic N) is 3. The highest BCUT2D eigenvalue weighted by atomic mass is 16.5. The standard InChI is InChI=1S/C24H27N3O3/c28-20-13-23(18-5-2-1-3-6-18)29-24(15-20)8-11-27(12-9-24)17-21-14-22(26-30-21)19-7-4-10-25-16-19/h1-7,10,14,16,20,23,28H,8-9,11-13,15,17H2/t20-,23+/m0/s1. The molecule has 0 unspecified atom stereocenters. The predicted molar refractivity (Wildman–Crippen MR) is 112 cm³/mol. The van der Waals surface area contributed by atoms with Crippen molar-refractivity contribution in [2.24, 2.45) is 0 Å². The molecule has 2 aliphatic heterocycles. The third kappa shape index (κ3) is 4.17. The Morgan fingerprint density at radius 2 is 1.93 bits per heavy atom. The topological polar surface area (TPSA) is 71.6 Å². The van der Waals surface area contributed by atoms with Gasteiger partial charge in [0.05, 0.1) is 24.4 Å².